The largest absolute Gasteiger partial charge is 0.344 e. The first kappa shape index (κ1) is 11.4. The second-order valence-electron chi connectivity index (χ2n) is 4.20. The van der Waals surface area contributed by atoms with Gasteiger partial charge in [0.25, 0.3) is 0 Å². The highest BCUT2D eigenvalue weighted by Crippen LogP contribution is 2.25. The predicted octanol–water partition coefficient (Wildman–Crippen LogP) is 3.47. The van der Waals surface area contributed by atoms with Gasteiger partial charge in [0.2, 0.25) is 6.20 Å². The van der Waals surface area contributed by atoms with Crippen LogP contribution in [0.15, 0.2) is 36.7 Å². The lowest BCUT2D eigenvalue weighted by atomic mass is 10.2. The van der Waals surface area contributed by atoms with Crippen LogP contribution in [0.4, 0.5) is 0 Å². The summed E-state index contributed by atoms with van der Waals surface area (Å²) >= 11 is 0. The molecule has 1 aromatic carbocycles. The Hall–Kier alpha value is -2.10. The van der Waals surface area contributed by atoms with E-state index in [0.29, 0.717) is 6.04 Å². The van der Waals surface area contributed by atoms with Crippen LogP contribution < -0.4 is 0 Å². The molecule has 0 aliphatic rings. The van der Waals surface area contributed by atoms with E-state index in [0.717, 1.165) is 22.7 Å². The van der Waals surface area contributed by atoms with Crippen LogP contribution in [-0.2, 0) is 0 Å². The van der Waals surface area contributed by atoms with Crippen molar-refractivity contribution in [3.8, 4) is 0 Å². The molecule has 0 amide bonds. The fraction of sp³-hybridized carbons (Fsp3) is 0.231. The number of hydrogen-bond acceptors (Lipinski definition) is 2. The van der Waals surface area contributed by atoms with Crippen LogP contribution in [0, 0.1) is 10.1 Å². The summed E-state index contributed by atoms with van der Waals surface area (Å²) in [5.41, 5.74) is 1.98. The minimum Gasteiger partial charge on any atom is -0.344 e. The summed E-state index contributed by atoms with van der Waals surface area (Å²) < 4.78 is 2.12. The first-order valence-electron chi connectivity index (χ1n) is 5.51. The Morgan fingerprint density at radius 3 is 2.71 bits per heavy atom. The molecule has 0 radical (unpaired) electrons. The average molecular weight is 230 g/mol. The Kier molecular flexibility index (Phi) is 2.95. The number of rotatable bonds is 3. The van der Waals surface area contributed by atoms with Gasteiger partial charge in [-0.15, -0.1) is 0 Å². The summed E-state index contributed by atoms with van der Waals surface area (Å²) in [6.45, 7) is 4.18. The minimum atomic E-state index is -0.443. The molecule has 1 heterocycles. The summed E-state index contributed by atoms with van der Waals surface area (Å²) in [4.78, 5) is 9.92. The first-order valence-corrected chi connectivity index (χ1v) is 5.51. The maximum Gasteiger partial charge on any atom is 0.235 e. The minimum absolute atomic E-state index is 0.331. The average Bonchev–Trinajstić information content (AvgIpc) is 2.65. The maximum atomic E-state index is 10.4. The van der Waals surface area contributed by atoms with Gasteiger partial charge in [0.15, 0.2) is 0 Å². The highest BCUT2D eigenvalue weighted by Gasteiger charge is 2.08. The molecule has 0 atom stereocenters. The molecular weight excluding hydrogens is 216 g/mol. The molecule has 88 valence electrons. The molecule has 0 bridgehead atoms. The van der Waals surface area contributed by atoms with E-state index < -0.39 is 4.92 Å². The molecule has 0 saturated heterocycles. The van der Waals surface area contributed by atoms with Gasteiger partial charge >= 0.3 is 0 Å². The van der Waals surface area contributed by atoms with Crippen LogP contribution in [0.1, 0.15) is 25.5 Å². The molecule has 0 aliphatic heterocycles. The van der Waals surface area contributed by atoms with Crippen molar-refractivity contribution in [1.82, 2.24) is 4.57 Å². The van der Waals surface area contributed by atoms with Crippen LogP contribution in [0.25, 0.3) is 17.0 Å². The maximum absolute atomic E-state index is 10.4. The van der Waals surface area contributed by atoms with Crippen molar-refractivity contribution in [1.29, 1.82) is 0 Å². The molecule has 17 heavy (non-hydrogen) atoms. The van der Waals surface area contributed by atoms with Crippen molar-refractivity contribution in [2.75, 3.05) is 0 Å². The van der Waals surface area contributed by atoms with Gasteiger partial charge in [-0.05, 0) is 19.9 Å². The zero-order chi connectivity index (χ0) is 12.4. The normalized spacial score (nSPS) is 11.7. The predicted molar refractivity (Wildman–Crippen MR) is 68.4 cm³/mol. The van der Waals surface area contributed by atoms with E-state index >= 15 is 0 Å². The summed E-state index contributed by atoms with van der Waals surface area (Å²) in [6, 6.07) is 8.25. The molecule has 4 heteroatoms. The standard InChI is InChI=1S/C13H14N2O2/c1-10(2)14-9-11(7-8-15(16)17)12-5-3-4-6-13(12)14/h3-10H,1-2H3. The second kappa shape index (κ2) is 4.41. The molecule has 0 unspecified atom stereocenters. The number of para-hydroxylation sites is 1. The molecule has 2 rings (SSSR count). The van der Waals surface area contributed by atoms with Crippen molar-refractivity contribution < 1.29 is 4.92 Å². The SMILES string of the molecule is CC(C)n1cc(C=C[N+](=O)[O-])c2ccccc21. The smallest absolute Gasteiger partial charge is 0.235 e. The molecule has 0 N–H and O–H groups in total. The van der Waals surface area contributed by atoms with Crippen molar-refractivity contribution >= 4 is 17.0 Å². The Morgan fingerprint density at radius 1 is 1.35 bits per heavy atom. The van der Waals surface area contributed by atoms with Gasteiger partial charge in [-0.1, -0.05) is 18.2 Å². The van der Waals surface area contributed by atoms with Crippen LogP contribution in [0.2, 0.25) is 0 Å². The van der Waals surface area contributed by atoms with Crippen molar-refractivity contribution in [3.05, 3.63) is 52.3 Å². The van der Waals surface area contributed by atoms with E-state index in [-0.39, 0.29) is 0 Å². The summed E-state index contributed by atoms with van der Waals surface area (Å²) in [7, 11) is 0. The summed E-state index contributed by atoms with van der Waals surface area (Å²) in [5, 5.41) is 11.4. The highest BCUT2D eigenvalue weighted by molar-refractivity contribution is 5.89. The first-order chi connectivity index (χ1) is 8.09. The number of benzene rings is 1. The van der Waals surface area contributed by atoms with Crippen LogP contribution in [0.3, 0.4) is 0 Å². The zero-order valence-corrected chi connectivity index (χ0v) is 9.83. The molecule has 2 aromatic rings. The van der Waals surface area contributed by atoms with Crippen LogP contribution in [0.5, 0.6) is 0 Å². The van der Waals surface area contributed by atoms with Crippen LogP contribution >= 0.6 is 0 Å². The van der Waals surface area contributed by atoms with Gasteiger partial charge in [0.05, 0.1) is 4.92 Å². The molecule has 1 aromatic heterocycles. The van der Waals surface area contributed by atoms with Crippen molar-refractivity contribution in [2.24, 2.45) is 0 Å². The fourth-order valence-corrected chi connectivity index (χ4v) is 1.93. The topological polar surface area (TPSA) is 48.1 Å². The fourth-order valence-electron chi connectivity index (χ4n) is 1.93. The van der Waals surface area contributed by atoms with E-state index in [4.69, 9.17) is 0 Å². The monoisotopic (exact) mass is 230 g/mol. The lowest BCUT2D eigenvalue weighted by Gasteiger charge is -2.08. The third kappa shape index (κ3) is 2.20. The van der Waals surface area contributed by atoms with Gasteiger partial charge < -0.3 is 4.57 Å². The Labute approximate surface area is 99.3 Å². The van der Waals surface area contributed by atoms with Gasteiger partial charge in [-0.2, -0.15) is 0 Å². The molecule has 0 saturated carbocycles. The van der Waals surface area contributed by atoms with E-state index in [1.54, 1.807) is 6.08 Å². The van der Waals surface area contributed by atoms with Crippen molar-refractivity contribution in [3.63, 3.8) is 0 Å². The Bertz CT molecular complexity index is 582. The summed E-state index contributed by atoms with van der Waals surface area (Å²) in [6.07, 6.45) is 4.48. The quantitative estimate of drug-likeness (QED) is 0.598. The highest BCUT2D eigenvalue weighted by atomic mass is 16.6. The lowest BCUT2D eigenvalue weighted by molar-refractivity contribution is -0.400. The third-order valence-electron chi connectivity index (χ3n) is 2.70. The van der Waals surface area contributed by atoms with Gasteiger partial charge in [-0.3, -0.25) is 10.1 Å². The number of hydrogen-bond donors (Lipinski definition) is 0. The number of aromatic nitrogens is 1. The molecule has 4 nitrogen and oxygen atoms in total. The third-order valence-corrected chi connectivity index (χ3v) is 2.70. The summed E-state index contributed by atoms with van der Waals surface area (Å²) in [5.74, 6) is 0. The van der Waals surface area contributed by atoms with Crippen LogP contribution in [-0.4, -0.2) is 9.49 Å². The Balaban J connectivity index is 2.60. The zero-order valence-electron chi connectivity index (χ0n) is 9.83. The number of nitrogens with zero attached hydrogens (tertiary/aromatic N) is 2. The number of fused-ring (bicyclic) bond motifs is 1. The second-order valence-corrected chi connectivity index (χ2v) is 4.20. The van der Waals surface area contributed by atoms with Gasteiger partial charge in [0, 0.05) is 34.8 Å². The van der Waals surface area contributed by atoms with E-state index in [1.165, 1.54) is 0 Å². The van der Waals surface area contributed by atoms with Gasteiger partial charge in [-0.25, -0.2) is 0 Å². The molecule has 0 fully saturated rings. The van der Waals surface area contributed by atoms with E-state index in [2.05, 4.69) is 18.4 Å². The lowest BCUT2D eigenvalue weighted by Crippen LogP contribution is -1.97. The molecular formula is C13H14N2O2. The van der Waals surface area contributed by atoms with Crippen molar-refractivity contribution in [2.45, 2.75) is 19.9 Å². The number of nitro groups is 1. The molecule has 0 spiro atoms. The molecule has 0 aliphatic carbocycles. The Morgan fingerprint density at radius 2 is 2.06 bits per heavy atom. The van der Waals surface area contributed by atoms with E-state index in [9.17, 15) is 10.1 Å². The van der Waals surface area contributed by atoms with Gasteiger partial charge in [0.1, 0.15) is 0 Å². The van der Waals surface area contributed by atoms with E-state index in [1.807, 2.05) is 30.5 Å².